The molecule has 0 radical (unpaired) electrons. The summed E-state index contributed by atoms with van der Waals surface area (Å²) >= 11 is 0. The van der Waals surface area contributed by atoms with Crippen molar-refractivity contribution in [1.82, 2.24) is 5.32 Å². The summed E-state index contributed by atoms with van der Waals surface area (Å²) in [6, 6.07) is 8.17. The van der Waals surface area contributed by atoms with Crippen LogP contribution in [0.3, 0.4) is 0 Å². The minimum Gasteiger partial charge on any atom is -0.368 e. The number of hydrogen-bond donors (Lipinski definition) is 2. The Bertz CT molecular complexity index is 442. The molecule has 0 spiro atoms. The minimum absolute atomic E-state index is 0.0300. The van der Waals surface area contributed by atoms with Crippen molar-refractivity contribution in [3.63, 3.8) is 0 Å². The van der Waals surface area contributed by atoms with Crippen molar-refractivity contribution in [3.8, 4) is 0 Å². The molecule has 0 aromatic heterocycles. The number of nitrogens with one attached hydrogen (secondary N) is 2. The molecule has 2 rings (SSSR count). The van der Waals surface area contributed by atoms with Gasteiger partial charge in [-0.1, -0.05) is 25.1 Å². The first kappa shape index (κ1) is 15.0. The van der Waals surface area contributed by atoms with Gasteiger partial charge in [0, 0.05) is 18.3 Å². The van der Waals surface area contributed by atoms with Crippen molar-refractivity contribution < 1.29 is 9.53 Å². The fraction of sp³-hybridized carbons (Fsp3) is 0.562. The molecule has 0 aliphatic carbocycles. The van der Waals surface area contributed by atoms with Gasteiger partial charge in [0.05, 0.1) is 0 Å². The molecule has 110 valence electrons. The highest BCUT2D eigenvalue weighted by Crippen LogP contribution is 2.23. The van der Waals surface area contributed by atoms with E-state index in [0.717, 1.165) is 37.1 Å². The van der Waals surface area contributed by atoms with Crippen LogP contribution in [-0.2, 0) is 9.53 Å². The molecule has 1 amide bonds. The normalized spacial score (nSPS) is 19.8. The second-order valence-electron chi connectivity index (χ2n) is 5.25. The van der Waals surface area contributed by atoms with Crippen molar-refractivity contribution >= 4 is 11.6 Å². The van der Waals surface area contributed by atoms with E-state index in [2.05, 4.69) is 30.5 Å². The zero-order valence-corrected chi connectivity index (χ0v) is 12.3. The summed E-state index contributed by atoms with van der Waals surface area (Å²) in [4.78, 5) is 12.1. The van der Waals surface area contributed by atoms with E-state index in [1.54, 1.807) is 0 Å². The lowest BCUT2D eigenvalue weighted by Crippen LogP contribution is -2.28. The van der Waals surface area contributed by atoms with Gasteiger partial charge >= 0.3 is 0 Å². The third kappa shape index (κ3) is 3.81. The molecule has 2 atom stereocenters. The van der Waals surface area contributed by atoms with Crippen molar-refractivity contribution in [2.24, 2.45) is 0 Å². The quantitative estimate of drug-likeness (QED) is 0.840. The molecule has 1 aromatic rings. The predicted octanol–water partition coefficient (Wildman–Crippen LogP) is 2.86. The fourth-order valence-electron chi connectivity index (χ4n) is 2.46. The molecular weight excluding hydrogens is 252 g/mol. The molecule has 1 saturated heterocycles. The number of carbonyl (C=O) groups is 1. The number of rotatable bonds is 6. The monoisotopic (exact) mass is 276 g/mol. The van der Waals surface area contributed by atoms with Crippen LogP contribution < -0.4 is 10.6 Å². The number of benzene rings is 1. The molecule has 0 bridgehead atoms. The van der Waals surface area contributed by atoms with E-state index in [9.17, 15) is 4.79 Å². The first-order valence-electron chi connectivity index (χ1n) is 7.47. The van der Waals surface area contributed by atoms with Crippen molar-refractivity contribution in [2.75, 3.05) is 18.5 Å². The Morgan fingerprint density at radius 2 is 2.25 bits per heavy atom. The maximum Gasteiger partial charge on any atom is 0.253 e. The van der Waals surface area contributed by atoms with Gasteiger partial charge in [-0.05, 0) is 44.4 Å². The lowest BCUT2D eigenvalue weighted by Gasteiger charge is -2.19. The van der Waals surface area contributed by atoms with Crippen LogP contribution in [0.4, 0.5) is 5.69 Å². The molecule has 1 aromatic carbocycles. The van der Waals surface area contributed by atoms with Gasteiger partial charge < -0.3 is 15.4 Å². The molecule has 4 heteroatoms. The highest BCUT2D eigenvalue weighted by Gasteiger charge is 2.24. The Balaban J connectivity index is 2.04. The highest BCUT2D eigenvalue weighted by molar-refractivity contribution is 5.95. The molecule has 1 fully saturated rings. The van der Waals surface area contributed by atoms with E-state index in [4.69, 9.17) is 4.74 Å². The Morgan fingerprint density at radius 3 is 2.95 bits per heavy atom. The number of amides is 1. The minimum atomic E-state index is -0.290. The van der Waals surface area contributed by atoms with E-state index >= 15 is 0 Å². The number of carbonyl (C=O) groups excluding carboxylic acids is 1. The van der Waals surface area contributed by atoms with Gasteiger partial charge in [0.1, 0.15) is 6.10 Å². The maximum atomic E-state index is 12.1. The van der Waals surface area contributed by atoms with Gasteiger partial charge in [-0.3, -0.25) is 4.79 Å². The average Bonchev–Trinajstić information content (AvgIpc) is 2.99. The maximum absolute atomic E-state index is 12.1. The van der Waals surface area contributed by atoms with E-state index in [1.165, 1.54) is 0 Å². The topological polar surface area (TPSA) is 50.4 Å². The van der Waals surface area contributed by atoms with Crippen molar-refractivity contribution in [3.05, 3.63) is 29.8 Å². The summed E-state index contributed by atoms with van der Waals surface area (Å²) in [5, 5.41) is 6.46. The molecule has 0 saturated carbocycles. The van der Waals surface area contributed by atoms with Gasteiger partial charge in [0.15, 0.2) is 0 Å². The molecule has 20 heavy (non-hydrogen) atoms. The van der Waals surface area contributed by atoms with E-state index in [0.29, 0.717) is 6.61 Å². The molecule has 1 aliphatic heterocycles. The summed E-state index contributed by atoms with van der Waals surface area (Å²) in [6.07, 6.45) is 2.59. The van der Waals surface area contributed by atoms with Crippen molar-refractivity contribution in [2.45, 2.75) is 45.3 Å². The zero-order chi connectivity index (χ0) is 14.4. The lowest BCUT2D eigenvalue weighted by molar-refractivity contribution is -0.124. The van der Waals surface area contributed by atoms with E-state index in [1.807, 2.05) is 18.2 Å². The number of anilines is 1. The van der Waals surface area contributed by atoms with E-state index in [-0.39, 0.29) is 18.1 Å². The lowest BCUT2D eigenvalue weighted by atomic mass is 10.1. The molecule has 4 nitrogen and oxygen atoms in total. The summed E-state index contributed by atoms with van der Waals surface area (Å²) in [7, 11) is 0. The number of hydrogen-bond acceptors (Lipinski definition) is 3. The van der Waals surface area contributed by atoms with Gasteiger partial charge in [-0.2, -0.15) is 0 Å². The third-order valence-corrected chi connectivity index (χ3v) is 3.61. The summed E-state index contributed by atoms with van der Waals surface area (Å²) in [6.45, 7) is 5.92. The molecule has 1 aliphatic rings. The van der Waals surface area contributed by atoms with Crippen LogP contribution in [0.25, 0.3) is 0 Å². The second-order valence-corrected chi connectivity index (χ2v) is 5.25. The summed E-state index contributed by atoms with van der Waals surface area (Å²) in [5.74, 6) is -0.0300. The molecule has 2 N–H and O–H groups in total. The van der Waals surface area contributed by atoms with Gasteiger partial charge in [-0.25, -0.2) is 0 Å². The number of para-hydroxylation sites is 1. The SMILES string of the molecule is CCCNC(C)c1ccccc1NC(=O)C1CCCO1. The van der Waals surface area contributed by atoms with Crippen LogP contribution in [0.15, 0.2) is 24.3 Å². The molecule has 1 heterocycles. The summed E-state index contributed by atoms with van der Waals surface area (Å²) < 4.78 is 5.42. The van der Waals surface area contributed by atoms with Gasteiger partial charge in [-0.15, -0.1) is 0 Å². The fourth-order valence-corrected chi connectivity index (χ4v) is 2.46. The van der Waals surface area contributed by atoms with Crippen LogP contribution in [0, 0.1) is 0 Å². The van der Waals surface area contributed by atoms with Crippen LogP contribution in [-0.4, -0.2) is 25.2 Å². The van der Waals surface area contributed by atoms with Crippen molar-refractivity contribution in [1.29, 1.82) is 0 Å². The number of ether oxygens (including phenoxy) is 1. The second kappa shape index (κ2) is 7.41. The average molecular weight is 276 g/mol. The molecular formula is C16H24N2O2. The van der Waals surface area contributed by atoms with Gasteiger partial charge in [0.2, 0.25) is 0 Å². The Hall–Kier alpha value is -1.39. The van der Waals surface area contributed by atoms with Crippen LogP contribution >= 0.6 is 0 Å². The Morgan fingerprint density at radius 1 is 1.45 bits per heavy atom. The zero-order valence-electron chi connectivity index (χ0n) is 12.3. The van der Waals surface area contributed by atoms with Gasteiger partial charge in [0.25, 0.3) is 5.91 Å². The third-order valence-electron chi connectivity index (χ3n) is 3.61. The van der Waals surface area contributed by atoms with Crippen LogP contribution in [0.2, 0.25) is 0 Å². The first-order chi connectivity index (χ1) is 9.72. The smallest absolute Gasteiger partial charge is 0.253 e. The van der Waals surface area contributed by atoms with E-state index < -0.39 is 0 Å². The largest absolute Gasteiger partial charge is 0.368 e. The summed E-state index contributed by atoms with van der Waals surface area (Å²) in [5.41, 5.74) is 2.00. The van der Waals surface area contributed by atoms with Crippen LogP contribution in [0.1, 0.15) is 44.7 Å². The first-order valence-corrected chi connectivity index (χ1v) is 7.47. The Kier molecular flexibility index (Phi) is 5.56. The standard InChI is InChI=1S/C16H24N2O2/c1-3-10-17-12(2)13-7-4-5-8-14(13)18-16(19)15-9-6-11-20-15/h4-5,7-8,12,15,17H,3,6,9-11H2,1-2H3,(H,18,19). The molecule has 2 unspecified atom stereocenters. The van der Waals surface area contributed by atoms with Crippen LogP contribution in [0.5, 0.6) is 0 Å². The highest BCUT2D eigenvalue weighted by atomic mass is 16.5. The Labute approximate surface area is 120 Å². The predicted molar refractivity (Wildman–Crippen MR) is 80.8 cm³/mol.